The second-order valence-corrected chi connectivity index (χ2v) is 13.2. The average molecular weight is 606 g/mol. The van der Waals surface area contributed by atoms with Gasteiger partial charge in [-0.2, -0.15) is 4.31 Å². The van der Waals surface area contributed by atoms with Crippen molar-refractivity contribution < 1.29 is 22.9 Å². The summed E-state index contributed by atoms with van der Waals surface area (Å²) >= 11 is 0. The van der Waals surface area contributed by atoms with Gasteiger partial charge >= 0.3 is 0 Å². The Kier molecular flexibility index (Phi) is 7.61. The van der Waals surface area contributed by atoms with Gasteiger partial charge in [-0.1, -0.05) is 0 Å². The minimum atomic E-state index is -3.75. The zero-order valence-electron chi connectivity index (χ0n) is 24.6. The Morgan fingerprint density at radius 1 is 0.930 bits per heavy atom. The van der Waals surface area contributed by atoms with E-state index in [1.165, 1.54) is 9.21 Å². The molecule has 0 radical (unpaired) electrons. The van der Waals surface area contributed by atoms with E-state index in [2.05, 4.69) is 4.90 Å². The third-order valence-electron chi connectivity index (χ3n) is 8.64. The van der Waals surface area contributed by atoms with E-state index in [0.717, 1.165) is 49.3 Å². The second kappa shape index (κ2) is 11.3. The van der Waals surface area contributed by atoms with Gasteiger partial charge in [-0.3, -0.25) is 14.9 Å². The first kappa shape index (κ1) is 29.1. The van der Waals surface area contributed by atoms with Crippen molar-refractivity contribution in [2.24, 2.45) is 0 Å². The maximum atomic E-state index is 13.4. The number of anilines is 2. The number of nitro benzene ring substituents is 1. The van der Waals surface area contributed by atoms with Crippen LogP contribution in [-0.2, 0) is 19.6 Å². The minimum Gasteiger partial charge on any atom is -0.379 e. The maximum Gasteiger partial charge on any atom is 0.294 e. The van der Waals surface area contributed by atoms with E-state index >= 15 is 0 Å². The summed E-state index contributed by atoms with van der Waals surface area (Å²) in [7, 11) is -2.08. The molecular weight excluding hydrogens is 570 g/mol. The fraction of sp³-hybridized carbons (Fsp3) is 0.387. The predicted molar refractivity (Wildman–Crippen MR) is 165 cm³/mol. The van der Waals surface area contributed by atoms with E-state index in [1.54, 1.807) is 37.4 Å². The highest BCUT2D eigenvalue weighted by Gasteiger charge is 2.34. The van der Waals surface area contributed by atoms with Gasteiger partial charge in [0.25, 0.3) is 11.6 Å². The van der Waals surface area contributed by atoms with Gasteiger partial charge in [0.15, 0.2) is 0 Å². The molecule has 0 unspecified atom stereocenters. The van der Waals surface area contributed by atoms with E-state index in [1.807, 2.05) is 36.6 Å². The van der Waals surface area contributed by atoms with Crippen LogP contribution in [0.3, 0.4) is 0 Å². The SMILES string of the molecule is Cc1cc(C=C2C(=O)N(C)c3ccc(S(=O)(=O)N4CCOCC4)cc32)c(C)n1-c1ccc(N2CCCCC2)c([N+](=O)[O-])c1. The van der Waals surface area contributed by atoms with E-state index in [0.29, 0.717) is 41.4 Å². The van der Waals surface area contributed by atoms with Crippen LogP contribution in [0.15, 0.2) is 47.4 Å². The number of aryl methyl sites for hydroxylation is 1. The number of carbonyl (C=O) groups excluding carboxylic acids is 1. The summed E-state index contributed by atoms with van der Waals surface area (Å²) in [5.74, 6) is -0.234. The molecule has 6 rings (SSSR count). The van der Waals surface area contributed by atoms with E-state index in [9.17, 15) is 23.3 Å². The number of piperidine rings is 1. The Morgan fingerprint density at radius 3 is 2.33 bits per heavy atom. The number of morpholine rings is 1. The smallest absolute Gasteiger partial charge is 0.294 e. The molecule has 0 saturated carbocycles. The third kappa shape index (κ3) is 5.13. The van der Waals surface area contributed by atoms with Crippen molar-refractivity contribution in [3.63, 3.8) is 0 Å². The number of fused-ring (bicyclic) bond motifs is 1. The zero-order chi connectivity index (χ0) is 30.5. The van der Waals surface area contributed by atoms with Crippen LogP contribution in [-0.4, -0.2) is 74.6 Å². The number of amides is 1. The van der Waals surface area contributed by atoms with Crippen LogP contribution in [0.25, 0.3) is 17.3 Å². The molecule has 0 aliphatic carbocycles. The molecule has 0 N–H and O–H groups in total. The molecule has 2 saturated heterocycles. The molecule has 1 amide bonds. The first-order valence-corrected chi connectivity index (χ1v) is 16.0. The zero-order valence-corrected chi connectivity index (χ0v) is 25.4. The molecule has 0 atom stereocenters. The fourth-order valence-electron chi connectivity index (χ4n) is 6.35. The topological polar surface area (TPSA) is 118 Å². The van der Waals surface area contributed by atoms with Crippen molar-refractivity contribution in [2.75, 3.05) is 56.2 Å². The first-order valence-electron chi connectivity index (χ1n) is 14.5. The summed E-state index contributed by atoms with van der Waals surface area (Å²) in [5, 5.41) is 12.1. The molecule has 4 heterocycles. The number of benzene rings is 2. The van der Waals surface area contributed by atoms with Gasteiger partial charge in [-0.25, -0.2) is 8.42 Å². The van der Waals surface area contributed by atoms with Gasteiger partial charge < -0.3 is 19.1 Å². The Bertz CT molecular complexity index is 1750. The molecule has 226 valence electrons. The molecule has 3 aliphatic heterocycles. The molecule has 0 spiro atoms. The molecule has 2 fully saturated rings. The second-order valence-electron chi connectivity index (χ2n) is 11.3. The number of nitrogens with zero attached hydrogens (tertiary/aromatic N) is 5. The van der Waals surface area contributed by atoms with Gasteiger partial charge in [0.05, 0.1) is 34.4 Å². The Labute approximate surface area is 251 Å². The van der Waals surface area contributed by atoms with Gasteiger partial charge in [-0.15, -0.1) is 0 Å². The number of nitro groups is 1. The van der Waals surface area contributed by atoms with Crippen molar-refractivity contribution in [2.45, 2.75) is 38.0 Å². The summed E-state index contributed by atoms with van der Waals surface area (Å²) in [6, 6.07) is 12.1. The summed E-state index contributed by atoms with van der Waals surface area (Å²) in [5.41, 5.74) is 5.39. The van der Waals surface area contributed by atoms with Crippen molar-refractivity contribution in [1.82, 2.24) is 8.87 Å². The maximum absolute atomic E-state index is 13.4. The number of hydrogen-bond acceptors (Lipinski definition) is 7. The molecule has 11 nitrogen and oxygen atoms in total. The van der Waals surface area contributed by atoms with Gasteiger partial charge in [0, 0.05) is 61.8 Å². The summed E-state index contributed by atoms with van der Waals surface area (Å²) < 4.78 is 35.4. The number of sulfonamides is 1. The summed E-state index contributed by atoms with van der Waals surface area (Å²) in [6.07, 6.45) is 4.95. The van der Waals surface area contributed by atoms with Crippen LogP contribution in [0.4, 0.5) is 17.1 Å². The number of aromatic nitrogens is 1. The lowest BCUT2D eigenvalue weighted by atomic mass is 10.0. The monoisotopic (exact) mass is 605 g/mol. The van der Waals surface area contributed by atoms with Crippen molar-refractivity contribution in [1.29, 1.82) is 0 Å². The minimum absolute atomic E-state index is 0.0716. The van der Waals surface area contributed by atoms with Crippen LogP contribution in [0, 0.1) is 24.0 Å². The quantitative estimate of drug-likeness (QED) is 0.230. The molecule has 1 aromatic heterocycles. The summed E-state index contributed by atoms with van der Waals surface area (Å²) in [4.78, 5) is 28.9. The van der Waals surface area contributed by atoms with Gasteiger partial charge in [0.1, 0.15) is 5.69 Å². The lowest BCUT2D eigenvalue weighted by Crippen LogP contribution is -2.40. The number of likely N-dealkylation sites (N-methyl/N-ethyl adjacent to an activating group) is 1. The van der Waals surface area contributed by atoms with E-state index < -0.39 is 10.0 Å². The van der Waals surface area contributed by atoms with Gasteiger partial charge in [0.2, 0.25) is 10.0 Å². The van der Waals surface area contributed by atoms with Crippen LogP contribution in [0.1, 0.15) is 41.8 Å². The summed E-state index contributed by atoms with van der Waals surface area (Å²) in [6.45, 7) is 6.69. The highest BCUT2D eigenvalue weighted by atomic mass is 32.2. The van der Waals surface area contributed by atoms with Crippen LogP contribution in [0.5, 0.6) is 0 Å². The van der Waals surface area contributed by atoms with Crippen LogP contribution >= 0.6 is 0 Å². The standard InChI is InChI=1S/C31H35N5O6S/c1-21-17-23(22(2)35(21)24-7-9-29(30(19-24)36(38)39)33-11-5-4-6-12-33)18-27-26-20-25(8-10-28(26)32(3)31(27)37)43(40,41)34-13-15-42-16-14-34/h7-10,17-20H,4-6,11-16H2,1-3H3. The lowest BCUT2D eigenvalue weighted by Gasteiger charge is -2.28. The van der Waals surface area contributed by atoms with Crippen LogP contribution in [0.2, 0.25) is 0 Å². The molecule has 43 heavy (non-hydrogen) atoms. The Hall–Kier alpha value is -4.00. The van der Waals surface area contributed by atoms with E-state index in [-0.39, 0.29) is 34.5 Å². The molecular formula is C31H35N5O6S. The normalized spacial score (nSPS) is 18.9. The number of carbonyl (C=O) groups is 1. The fourth-order valence-corrected chi connectivity index (χ4v) is 7.79. The molecule has 3 aromatic rings. The first-order chi connectivity index (χ1) is 20.6. The number of hydrogen-bond donors (Lipinski definition) is 0. The highest BCUT2D eigenvalue weighted by Crippen LogP contribution is 2.40. The predicted octanol–water partition coefficient (Wildman–Crippen LogP) is 4.53. The molecule has 12 heteroatoms. The van der Waals surface area contributed by atoms with Crippen molar-refractivity contribution in [3.8, 4) is 5.69 Å². The number of rotatable bonds is 6. The lowest BCUT2D eigenvalue weighted by molar-refractivity contribution is -0.384. The van der Waals surface area contributed by atoms with Gasteiger partial charge in [-0.05, 0) is 81.1 Å². The average Bonchev–Trinajstić information content (AvgIpc) is 3.43. The largest absolute Gasteiger partial charge is 0.379 e. The number of ether oxygens (including phenoxy) is 1. The Morgan fingerprint density at radius 2 is 1.63 bits per heavy atom. The Balaban J connectivity index is 1.39. The highest BCUT2D eigenvalue weighted by molar-refractivity contribution is 7.89. The van der Waals surface area contributed by atoms with Crippen LogP contribution < -0.4 is 9.80 Å². The van der Waals surface area contributed by atoms with Crippen molar-refractivity contribution >= 4 is 44.6 Å². The third-order valence-corrected chi connectivity index (χ3v) is 10.5. The molecule has 2 aromatic carbocycles. The van der Waals surface area contributed by atoms with Crippen molar-refractivity contribution in [3.05, 3.63) is 75.1 Å². The molecule has 3 aliphatic rings. The van der Waals surface area contributed by atoms with E-state index in [4.69, 9.17) is 4.74 Å². The molecule has 0 bridgehead atoms.